The van der Waals surface area contributed by atoms with Gasteiger partial charge in [0.15, 0.2) is 12.4 Å². The second-order valence-corrected chi connectivity index (χ2v) is 7.80. The Bertz CT molecular complexity index is 1340. The number of amides is 1. The number of aromatic amines is 1. The van der Waals surface area contributed by atoms with Crippen LogP contribution in [0.5, 0.6) is 0 Å². The minimum atomic E-state index is -0.875. The van der Waals surface area contributed by atoms with E-state index in [1.54, 1.807) is 0 Å². The quantitative estimate of drug-likeness (QED) is 0.294. The monoisotopic (exact) mass is 459 g/mol. The second-order valence-electron chi connectivity index (χ2n) is 7.80. The lowest BCUT2D eigenvalue weighted by Gasteiger charge is -2.16. The Labute approximate surface area is 196 Å². The average Bonchev–Trinajstić information content (AvgIpc) is 3.21. The molecule has 0 radical (unpaired) electrons. The molecule has 5 N–H and O–H groups in total. The summed E-state index contributed by atoms with van der Waals surface area (Å²) in [5.41, 5.74) is 9.48. The molecule has 2 heterocycles. The highest BCUT2D eigenvalue weighted by molar-refractivity contribution is 5.86. The Morgan fingerprint density at radius 1 is 1.09 bits per heavy atom. The number of nitrogens with two attached hydrogens (primary N) is 1. The normalized spacial score (nSPS) is 11.7. The van der Waals surface area contributed by atoms with Crippen LogP contribution in [0.3, 0.4) is 0 Å². The van der Waals surface area contributed by atoms with Crippen LogP contribution >= 0.6 is 0 Å². The maximum absolute atomic E-state index is 12.9. The molecule has 0 unspecified atom stereocenters. The topological polar surface area (TPSA) is 148 Å². The number of aromatic nitrogens is 4. The van der Waals surface area contributed by atoms with Crippen molar-refractivity contribution in [3.63, 3.8) is 0 Å². The summed E-state index contributed by atoms with van der Waals surface area (Å²) in [5, 5.41) is 6.73. The summed E-state index contributed by atoms with van der Waals surface area (Å²) in [6, 6.07) is 14.5. The Morgan fingerprint density at radius 3 is 2.65 bits per heavy atom. The second kappa shape index (κ2) is 9.99. The maximum Gasteiger partial charge on any atom is 0.329 e. The third kappa shape index (κ3) is 5.47. The van der Waals surface area contributed by atoms with Crippen molar-refractivity contribution in [2.24, 2.45) is 0 Å². The van der Waals surface area contributed by atoms with Crippen molar-refractivity contribution >= 4 is 40.4 Å². The molecule has 0 fully saturated rings. The molecule has 0 aliphatic carbocycles. The largest absolute Gasteiger partial charge is 0.456 e. The van der Waals surface area contributed by atoms with E-state index in [1.807, 2.05) is 61.7 Å². The maximum atomic E-state index is 12.9. The Hall–Kier alpha value is -4.47. The Morgan fingerprint density at radius 2 is 1.85 bits per heavy atom. The Balaban J connectivity index is 1.46. The Kier molecular flexibility index (Phi) is 6.67. The number of nitrogens with zero attached hydrogens (tertiary/aromatic N) is 3. The van der Waals surface area contributed by atoms with Gasteiger partial charge in [0.05, 0.1) is 0 Å². The van der Waals surface area contributed by atoms with Gasteiger partial charge in [-0.2, -0.15) is 15.0 Å². The van der Waals surface area contributed by atoms with Crippen LogP contribution in [0.4, 0.5) is 17.6 Å². The van der Waals surface area contributed by atoms with Gasteiger partial charge in [-0.3, -0.25) is 4.79 Å². The van der Waals surface area contributed by atoms with Gasteiger partial charge in [-0.05, 0) is 30.2 Å². The van der Waals surface area contributed by atoms with E-state index in [4.69, 9.17) is 10.5 Å². The zero-order valence-electron chi connectivity index (χ0n) is 18.8. The predicted octanol–water partition coefficient (Wildman–Crippen LogP) is 2.78. The van der Waals surface area contributed by atoms with Gasteiger partial charge in [0, 0.05) is 36.1 Å². The van der Waals surface area contributed by atoms with Crippen molar-refractivity contribution in [3.05, 3.63) is 71.7 Å². The summed E-state index contributed by atoms with van der Waals surface area (Å²) in [4.78, 5) is 40.2. The van der Waals surface area contributed by atoms with E-state index in [0.29, 0.717) is 0 Å². The molecule has 0 spiro atoms. The van der Waals surface area contributed by atoms with Crippen LogP contribution in [0, 0.1) is 6.92 Å². The number of H-pyrrole nitrogens is 1. The summed E-state index contributed by atoms with van der Waals surface area (Å²) >= 11 is 0. The first-order valence-electron chi connectivity index (χ1n) is 10.7. The summed E-state index contributed by atoms with van der Waals surface area (Å²) in [6.45, 7) is 3.08. The van der Waals surface area contributed by atoms with Crippen molar-refractivity contribution in [2.45, 2.75) is 32.9 Å². The number of anilines is 3. The fourth-order valence-electron chi connectivity index (χ4n) is 3.59. The van der Waals surface area contributed by atoms with Crippen molar-refractivity contribution in [1.82, 2.24) is 25.3 Å². The van der Waals surface area contributed by atoms with Gasteiger partial charge in [0.2, 0.25) is 17.8 Å². The van der Waals surface area contributed by atoms with E-state index in [9.17, 15) is 9.59 Å². The third-order valence-corrected chi connectivity index (χ3v) is 5.20. The number of para-hydroxylation sites is 2. The number of ether oxygens (including phenoxy) is 1. The molecule has 10 heteroatoms. The molecule has 0 aliphatic rings. The zero-order valence-corrected chi connectivity index (χ0v) is 18.8. The highest BCUT2D eigenvalue weighted by Crippen LogP contribution is 2.20. The first-order chi connectivity index (χ1) is 16.4. The van der Waals surface area contributed by atoms with Gasteiger partial charge in [-0.25, -0.2) is 4.79 Å². The van der Waals surface area contributed by atoms with Crippen LogP contribution in [0.1, 0.15) is 23.9 Å². The number of hydrogen-bond acceptors (Lipinski definition) is 8. The molecule has 4 aromatic rings. The van der Waals surface area contributed by atoms with Gasteiger partial charge in [-0.15, -0.1) is 0 Å². The smallest absolute Gasteiger partial charge is 0.329 e. The van der Waals surface area contributed by atoms with Crippen LogP contribution in [-0.4, -0.2) is 37.9 Å². The molecule has 2 aromatic carbocycles. The molecule has 34 heavy (non-hydrogen) atoms. The molecular formula is C24H25N7O3. The van der Waals surface area contributed by atoms with Crippen molar-refractivity contribution in [1.29, 1.82) is 0 Å². The molecule has 0 aliphatic heterocycles. The highest BCUT2D eigenvalue weighted by atomic mass is 16.5. The SMILES string of the molecule is CC(=O)N[C@@H](Cc1c[nH]c2ccccc12)C(=O)OCc1nc(N)nc(Nc2ccccc2C)n1. The molecule has 1 atom stereocenters. The summed E-state index contributed by atoms with van der Waals surface area (Å²) < 4.78 is 5.44. The molecule has 2 aromatic heterocycles. The van der Waals surface area contributed by atoms with E-state index in [-0.39, 0.29) is 36.7 Å². The number of rotatable bonds is 8. The van der Waals surface area contributed by atoms with E-state index in [0.717, 1.165) is 27.7 Å². The number of benzene rings is 2. The van der Waals surface area contributed by atoms with Gasteiger partial charge in [0.1, 0.15) is 6.04 Å². The first kappa shape index (κ1) is 22.7. The zero-order chi connectivity index (χ0) is 24.1. The van der Waals surface area contributed by atoms with Gasteiger partial charge in [0.25, 0.3) is 0 Å². The van der Waals surface area contributed by atoms with Crippen LogP contribution < -0.4 is 16.4 Å². The van der Waals surface area contributed by atoms with Crippen LogP contribution in [0.15, 0.2) is 54.7 Å². The number of fused-ring (bicyclic) bond motifs is 1. The molecule has 0 saturated heterocycles. The summed E-state index contributed by atoms with van der Waals surface area (Å²) in [6.07, 6.45) is 2.09. The number of aryl methyl sites for hydroxylation is 1. The van der Waals surface area contributed by atoms with E-state index >= 15 is 0 Å². The molecule has 0 bridgehead atoms. The molecule has 10 nitrogen and oxygen atoms in total. The lowest BCUT2D eigenvalue weighted by atomic mass is 10.0. The average molecular weight is 460 g/mol. The fraction of sp³-hybridized carbons (Fsp3) is 0.208. The summed E-state index contributed by atoms with van der Waals surface area (Å²) in [5.74, 6) is -0.520. The van der Waals surface area contributed by atoms with Crippen LogP contribution in [-0.2, 0) is 27.4 Å². The van der Waals surface area contributed by atoms with Crippen molar-refractivity contribution < 1.29 is 14.3 Å². The molecule has 4 rings (SSSR count). The standard InChI is InChI=1S/C24H25N7O3/c1-14-7-3-5-9-18(14)28-24-30-21(29-23(25)31-24)13-34-22(33)20(27-15(2)32)11-16-12-26-19-10-6-4-8-17(16)19/h3-10,12,20,26H,11,13H2,1-2H3,(H,27,32)(H3,25,28,29,30,31)/t20-/m0/s1. The number of nitrogen functional groups attached to an aromatic ring is 1. The van der Waals surface area contributed by atoms with Crippen molar-refractivity contribution in [2.75, 3.05) is 11.1 Å². The number of hydrogen-bond donors (Lipinski definition) is 4. The van der Waals surface area contributed by atoms with Gasteiger partial charge < -0.3 is 26.1 Å². The number of esters is 1. The minimum Gasteiger partial charge on any atom is -0.456 e. The van der Waals surface area contributed by atoms with E-state index in [2.05, 4.69) is 30.6 Å². The van der Waals surface area contributed by atoms with Gasteiger partial charge >= 0.3 is 5.97 Å². The van der Waals surface area contributed by atoms with Gasteiger partial charge in [-0.1, -0.05) is 36.4 Å². The lowest BCUT2D eigenvalue weighted by molar-refractivity contribution is -0.149. The highest BCUT2D eigenvalue weighted by Gasteiger charge is 2.23. The minimum absolute atomic E-state index is 0.00524. The van der Waals surface area contributed by atoms with E-state index in [1.165, 1.54) is 6.92 Å². The van der Waals surface area contributed by atoms with E-state index < -0.39 is 12.0 Å². The molecular weight excluding hydrogens is 434 g/mol. The number of carbonyl (C=O) groups is 2. The van der Waals surface area contributed by atoms with Crippen molar-refractivity contribution in [3.8, 4) is 0 Å². The lowest BCUT2D eigenvalue weighted by Crippen LogP contribution is -2.42. The first-order valence-corrected chi connectivity index (χ1v) is 10.7. The third-order valence-electron chi connectivity index (χ3n) is 5.20. The van der Waals surface area contributed by atoms with Crippen LogP contribution in [0.2, 0.25) is 0 Å². The van der Waals surface area contributed by atoms with Crippen LogP contribution in [0.25, 0.3) is 10.9 Å². The number of carbonyl (C=O) groups excluding carboxylic acids is 2. The molecule has 1 amide bonds. The molecule has 174 valence electrons. The predicted molar refractivity (Wildman–Crippen MR) is 128 cm³/mol. The summed E-state index contributed by atoms with van der Waals surface area (Å²) in [7, 11) is 0. The molecule has 0 saturated carbocycles. The number of nitrogens with one attached hydrogen (secondary N) is 3. The fourth-order valence-corrected chi connectivity index (χ4v) is 3.59.